The van der Waals surface area contributed by atoms with Crippen molar-refractivity contribution in [1.82, 2.24) is 10.3 Å². The number of hydrogen-bond donors (Lipinski definition) is 2. The Labute approximate surface area is 59.5 Å². The molecule has 10 heavy (non-hydrogen) atoms. The number of hydrogen-bond acceptors (Lipinski definition) is 3. The first-order chi connectivity index (χ1) is 4.86. The molecule has 2 aliphatic heterocycles. The van der Waals surface area contributed by atoms with Crippen molar-refractivity contribution in [3.8, 4) is 0 Å². The van der Waals surface area contributed by atoms with Crippen molar-refractivity contribution in [3.05, 3.63) is 35.8 Å². The second-order valence-electron chi connectivity index (χ2n) is 2.35. The summed E-state index contributed by atoms with van der Waals surface area (Å²) in [7, 11) is 0. The van der Waals surface area contributed by atoms with Gasteiger partial charge in [0.05, 0.1) is 5.70 Å². The van der Waals surface area contributed by atoms with Gasteiger partial charge in [-0.1, -0.05) is 6.08 Å². The van der Waals surface area contributed by atoms with Gasteiger partial charge in [-0.25, -0.2) is 5.84 Å². The van der Waals surface area contributed by atoms with Crippen LogP contribution in [-0.4, -0.2) is 11.6 Å². The molecule has 2 rings (SSSR count). The number of nitrogens with one attached hydrogen (secondary N) is 1. The minimum Gasteiger partial charge on any atom is -0.380 e. The van der Waals surface area contributed by atoms with Crippen molar-refractivity contribution in [2.75, 3.05) is 6.54 Å². The van der Waals surface area contributed by atoms with E-state index in [1.165, 1.54) is 5.57 Å². The van der Waals surface area contributed by atoms with E-state index >= 15 is 0 Å². The second kappa shape index (κ2) is 1.88. The Morgan fingerprint density at radius 2 is 2.50 bits per heavy atom. The lowest BCUT2D eigenvalue weighted by molar-refractivity contribution is 0.527. The molecule has 0 aromatic carbocycles. The van der Waals surface area contributed by atoms with E-state index in [1.807, 2.05) is 18.5 Å². The van der Waals surface area contributed by atoms with Gasteiger partial charge in [0, 0.05) is 18.9 Å². The quantitative estimate of drug-likeness (QED) is 0.461. The number of nitrogens with two attached hydrogens (primary N) is 1. The van der Waals surface area contributed by atoms with Gasteiger partial charge in [-0.15, -0.1) is 0 Å². The zero-order chi connectivity index (χ0) is 6.97. The number of rotatable bonds is 0. The molecule has 0 aromatic heterocycles. The summed E-state index contributed by atoms with van der Waals surface area (Å²) in [5, 5.41) is 4.73. The minimum absolute atomic E-state index is 0.916. The summed E-state index contributed by atoms with van der Waals surface area (Å²) in [6, 6.07) is 0. The molecule has 3 N–H and O–H groups in total. The lowest BCUT2D eigenvalue weighted by atomic mass is 10.2. The topological polar surface area (TPSA) is 41.3 Å². The molecular formula is C7H9N3. The minimum atomic E-state index is 0.916. The zero-order valence-corrected chi connectivity index (χ0v) is 5.54. The van der Waals surface area contributed by atoms with E-state index in [4.69, 9.17) is 5.84 Å². The second-order valence-corrected chi connectivity index (χ2v) is 2.35. The Kier molecular flexibility index (Phi) is 1.05. The average Bonchev–Trinajstić information content (AvgIpc) is 2.33. The van der Waals surface area contributed by atoms with Gasteiger partial charge in [0.15, 0.2) is 0 Å². The molecule has 0 aromatic rings. The molecule has 0 amide bonds. The van der Waals surface area contributed by atoms with Crippen LogP contribution in [0.25, 0.3) is 0 Å². The van der Waals surface area contributed by atoms with Crippen molar-refractivity contribution in [2.24, 2.45) is 5.84 Å². The fourth-order valence-corrected chi connectivity index (χ4v) is 1.12. The SMILES string of the molecule is NN1C=CC2=CCNC2=C1. The van der Waals surface area contributed by atoms with Gasteiger partial charge in [-0.05, 0) is 11.6 Å². The van der Waals surface area contributed by atoms with Gasteiger partial charge in [0.2, 0.25) is 0 Å². The highest BCUT2D eigenvalue weighted by atomic mass is 15.4. The molecule has 0 fully saturated rings. The van der Waals surface area contributed by atoms with Crippen LogP contribution >= 0.6 is 0 Å². The number of fused-ring (bicyclic) bond motifs is 1. The average molecular weight is 135 g/mol. The summed E-state index contributed by atoms with van der Waals surface area (Å²) in [6.07, 6.45) is 7.84. The molecule has 2 aliphatic rings. The number of allylic oxidation sites excluding steroid dienone is 1. The summed E-state index contributed by atoms with van der Waals surface area (Å²) in [5.74, 6) is 5.49. The van der Waals surface area contributed by atoms with Gasteiger partial charge >= 0.3 is 0 Å². The zero-order valence-electron chi connectivity index (χ0n) is 5.54. The van der Waals surface area contributed by atoms with E-state index in [-0.39, 0.29) is 0 Å². The van der Waals surface area contributed by atoms with Crippen LogP contribution in [0.2, 0.25) is 0 Å². The predicted octanol–water partition coefficient (Wildman–Crippen LogP) is 0.0604. The van der Waals surface area contributed by atoms with E-state index in [9.17, 15) is 0 Å². The molecule has 3 heteroatoms. The fraction of sp³-hybridized carbons (Fsp3) is 0.143. The lowest BCUT2D eigenvalue weighted by Crippen LogP contribution is -2.23. The molecule has 0 aliphatic carbocycles. The predicted molar refractivity (Wildman–Crippen MR) is 39.3 cm³/mol. The number of nitrogens with zero attached hydrogens (tertiary/aromatic N) is 1. The van der Waals surface area contributed by atoms with Crippen LogP contribution in [0, 0.1) is 0 Å². The third-order valence-electron chi connectivity index (χ3n) is 1.63. The molecule has 52 valence electrons. The van der Waals surface area contributed by atoms with E-state index in [2.05, 4.69) is 11.4 Å². The Hall–Kier alpha value is -1.22. The smallest absolute Gasteiger partial charge is 0.0595 e. The summed E-state index contributed by atoms with van der Waals surface area (Å²) in [5.41, 5.74) is 2.35. The van der Waals surface area contributed by atoms with Crippen LogP contribution in [-0.2, 0) is 0 Å². The Morgan fingerprint density at radius 1 is 1.60 bits per heavy atom. The van der Waals surface area contributed by atoms with E-state index in [1.54, 1.807) is 5.01 Å². The molecule has 2 heterocycles. The van der Waals surface area contributed by atoms with Crippen molar-refractivity contribution in [1.29, 1.82) is 0 Å². The first-order valence-corrected chi connectivity index (χ1v) is 3.24. The van der Waals surface area contributed by atoms with Crippen LogP contribution < -0.4 is 11.2 Å². The molecule has 0 saturated heterocycles. The fourth-order valence-electron chi connectivity index (χ4n) is 1.12. The van der Waals surface area contributed by atoms with Crippen molar-refractivity contribution in [2.45, 2.75) is 0 Å². The third-order valence-corrected chi connectivity index (χ3v) is 1.63. The van der Waals surface area contributed by atoms with E-state index in [0.717, 1.165) is 12.2 Å². The van der Waals surface area contributed by atoms with Crippen LogP contribution in [0.1, 0.15) is 0 Å². The standard InChI is InChI=1S/C7H9N3/c8-10-4-2-6-1-3-9-7(6)5-10/h1-2,4-5,9H,3,8H2. The molecule has 0 bridgehead atoms. The van der Waals surface area contributed by atoms with Crippen molar-refractivity contribution >= 4 is 0 Å². The lowest BCUT2D eigenvalue weighted by Gasteiger charge is -2.14. The summed E-state index contributed by atoms with van der Waals surface area (Å²) >= 11 is 0. The first-order valence-electron chi connectivity index (χ1n) is 3.24. The van der Waals surface area contributed by atoms with Crippen LogP contribution in [0.15, 0.2) is 35.8 Å². The highest BCUT2D eigenvalue weighted by Gasteiger charge is 2.11. The maximum atomic E-state index is 5.49. The van der Waals surface area contributed by atoms with E-state index < -0.39 is 0 Å². The van der Waals surface area contributed by atoms with Crippen LogP contribution in [0.3, 0.4) is 0 Å². The molecular weight excluding hydrogens is 126 g/mol. The van der Waals surface area contributed by atoms with Crippen LogP contribution in [0.4, 0.5) is 0 Å². The molecule has 0 saturated carbocycles. The summed E-state index contributed by atoms with van der Waals surface area (Å²) < 4.78 is 0. The van der Waals surface area contributed by atoms with Gasteiger partial charge in [-0.2, -0.15) is 0 Å². The van der Waals surface area contributed by atoms with Gasteiger partial charge in [0.1, 0.15) is 0 Å². The molecule has 0 unspecified atom stereocenters. The maximum Gasteiger partial charge on any atom is 0.0595 e. The first kappa shape index (κ1) is 5.56. The van der Waals surface area contributed by atoms with E-state index in [0.29, 0.717) is 0 Å². The van der Waals surface area contributed by atoms with Crippen LogP contribution in [0.5, 0.6) is 0 Å². The molecule has 0 spiro atoms. The normalized spacial score (nSPS) is 21.5. The summed E-state index contributed by atoms with van der Waals surface area (Å²) in [6.45, 7) is 0.916. The highest BCUT2D eigenvalue weighted by molar-refractivity contribution is 5.44. The molecule has 0 atom stereocenters. The molecule has 3 nitrogen and oxygen atoms in total. The monoisotopic (exact) mass is 135 g/mol. The Balaban J connectivity index is 2.34. The molecule has 0 radical (unpaired) electrons. The maximum absolute atomic E-state index is 5.49. The van der Waals surface area contributed by atoms with Crippen molar-refractivity contribution < 1.29 is 0 Å². The summed E-state index contributed by atoms with van der Waals surface area (Å²) in [4.78, 5) is 0. The van der Waals surface area contributed by atoms with Gasteiger partial charge in [0.25, 0.3) is 0 Å². The Bertz CT molecular complexity index is 237. The highest BCUT2D eigenvalue weighted by Crippen LogP contribution is 2.17. The Morgan fingerprint density at radius 3 is 3.40 bits per heavy atom. The van der Waals surface area contributed by atoms with Crippen molar-refractivity contribution in [3.63, 3.8) is 0 Å². The number of hydrazine groups is 1. The van der Waals surface area contributed by atoms with Gasteiger partial charge in [-0.3, -0.25) is 5.01 Å². The third kappa shape index (κ3) is 0.717. The van der Waals surface area contributed by atoms with Gasteiger partial charge < -0.3 is 5.32 Å². The largest absolute Gasteiger partial charge is 0.380 e.